The molecule has 0 radical (unpaired) electrons. The summed E-state index contributed by atoms with van der Waals surface area (Å²) in [6, 6.07) is 7.69. The van der Waals surface area contributed by atoms with Gasteiger partial charge < -0.3 is 14.8 Å². The van der Waals surface area contributed by atoms with Crippen LogP contribution in [0, 0.1) is 0 Å². The highest BCUT2D eigenvalue weighted by Crippen LogP contribution is 2.20. The lowest BCUT2D eigenvalue weighted by atomic mass is 10.1. The molecule has 0 aliphatic heterocycles. The number of likely N-dealkylation sites (N-methyl/N-ethyl adjacent to an activating group) is 1. The Labute approximate surface area is 88.7 Å². The fourth-order valence-corrected chi connectivity index (χ4v) is 1.58. The maximum Gasteiger partial charge on any atom is 0.134 e. The lowest BCUT2D eigenvalue weighted by molar-refractivity contribution is 0.175. The highest BCUT2D eigenvalue weighted by Gasteiger charge is 2.08. The summed E-state index contributed by atoms with van der Waals surface area (Å²) in [7, 11) is 0. The molecule has 0 saturated heterocycles. The van der Waals surface area contributed by atoms with E-state index >= 15 is 0 Å². The summed E-state index contributed by atoms with van der Waals surface area (Å²) in [6.07, 6.45) is 1.19. The Morgan fingerprint density at radius 1 is 1.40 bits per heavy atom. The minimum atomic E-state index is -0.473. The number of fused-ring (bicyclic) bond motifs is 1. The van der Waals surface area contributed by atoms with Crippen LogP contribution in [0.25, 0.3) is 11.0 Å². The highest BCUT2D eigenvalue weighted by molar-refractivity contribution is 5.77. The number of benzene rings is 1. The quantitative estimate of drug-likeness (QED) is 0.803. The van der Waals surface area contributed by atoms with Crippen LogP contribution in [0.2, 0.25) is 0 Å². The Hall–Kier alpha value is -1.32. The maximum atomic E-state index is 9.84. The van der Waals surface area contributed by atoms with Gasteiger partial charge >= 0.3 is 0 Å². The van der Waals surface area contributed by atoms with E-state index in [0.717, 1.165) is 23.1 Å². The van der Waals surface area contributed by atoms with Gasteiger partial charge in [0.1, 0.15) is 5.58 Å². The van der Waals surface area contributed by atoms with E-state index in [1.165, 1.54) is 0 Å². The summed E-state index contributed by atoms with van der Waals surface area (Å²) in [5.74, 6) is 0. The van der Waals surface area contributed by atoms with Gasteiger partial charge in [-0.1, -0.05) is 19.1 Å². The van der Waals surface area contributed by atoms with E-state index < -0.39 is 6.10 Å². The van der Waals surface area contributed by atoms with E-state index in [0.29, 0.717) is 6.54 Å². The molecule has 15 heavy (non-hydrogen) atoms. The molecule has 0 spiro atoms. The zero-order chi connectivity index (χ0) is 10.7. The van der Waals surface area contributed by atoms with E-state index in [4.69, 9.17) is 4.42 Å². The van der Waals surface area contributed by atoms with Gasteiger partial charge in [0.2, 0.25) is 0 Å². The third-order valence-electron chi connectivity index (χ3n) is 2.45. The SMILES string of the molecule is CCNCC(O)c1ccc2ccoc2c1. The van der Waals surface area contributed by atoms with Crippen LogP contribution >= 0.6 is 0 Å². The Bertz CT molecular complexity index is 436. The molecule has 2 rings (SSSR count). The van der Waals surface area contributed by atoms with Crippen LogP contribution < -0.4 is 5.32 Å². The lowest BCUT2D eigenvalue weighted by Crippen LogP contribution is -2.20. The van der Waals surface area contributed by atoms with Crippen molar-refractivity contribution < 1.29 is 9.52 Å². The Morgan fingerprint density at radius 2 is 2.27 bits per heavy atom. The van der Waals surface area contributed by atoms with Gasteiger partial charge in [0.15, 0.2) is 0 Å². The summed E-state index contributed by atoms with van der Waals surface area (Å²) >= 11 is 0. The standard InChI is InChI=1S/C12H15NO2/c1-2-13-8-11(14)10-4-3-9-5-6-15-12(9)7-10/h3-7,11,13-14H,2,8H2,1H3. The van der Waals surface area contributed by atoms with Crippen molar-refractivity contribution in [2.24, 2.45) is 0 Å². The van der Waals surface area contributed by atoms with Gasteiger partial charge in [-0.3, -0.25) is 0 Å². The Balaban J connectivity index is 2.19. The van der Waals surface area contributed by atoms with Crippen molar-refractivity contribution in [3.63, 3.8) is 0 Å². The number of aliphatic hydroxyl groups is 1. The molecule has 2 N–H and O–H groups in total. The summed E-state index contributed by atoms with van der Waals surface area (Å²) in [4.78, 5) is 0. The van der Waals surface area contributed by atoms with Crippen LogP contribution in [0.5, 0.6) is 0 Å². The van der Waals surface area contributed by atoms with Crippen LogP contribution in [0.15, 0.2) is 34.9 Å². The highest BCUT2D eigenvalue weighted by atomic mass is 16.3. The summed E-state index contributed by atoms with van der Waals surface area (Å²) in [6.45, 7) is 3.45. The molecular weight excluding hydrogens is 190 g/mol. The molecule has 0 aliphatic carbocycles. The topological polar surface area (TPSA) is 45.4 Å². The molecule has 2 aromatic rings. The number of hydrogen-bond donors (Lipinski definition) is 2. The number of furan rings is 1. The van der Waals surface area contributed by atoms with Gasteiger partial charge in [0.05, 0.1) is 12.4 Å². The average Bonchev–Trinajstić information content (AvgIpc) is 2.72. The van der Waals surface area contributed by atoms with Crippen molar-refractivity contribution in [1.82, 2.24) is 5.32 Å². The smallest absolute Gasteiger partial charge is 0.134 e. The molecule has 0 bridgehead atoms. The van der Waals surface area contributed by atoms with Crippen molar-refractivity contribution in [2.75, 3.05) is 13.1 Å². The number of aliphatic hydroxyl groups excluding tert-OH is 1. The van der Waals surface area contributed by atoms with Crippen LogP contribution in [0.1, 0.15) is 18.6 Å². The molecule has 80 valence electrons. The first kappa shape index (κ1) is 10.2. The second-order valence-electron chi connectivity index (χ2n) is 3.54. The van der Waals surface area contributed by atoms with E-state index in [1.807, 2.05) is 31.2 Å². The van der Waals surface area contributed by atoms with E-state index in [2.05, 4.69) is 5.32 Å². The van der Waals surface area contributed by atoms with Gasteiger partial charge in [0.25, 0.3) is 0 Å². The molecule has 0 amide bonds. The molecule has 0 fully saturated rings. The molecule has 1 unspecified atom stereocenters. The van der Waals surface area contributed by atoms with E-state index in [-0.39, 0.29) is 0 Å². The first-order valence-electron chi connectivity index (χ1n) is 5.17. The van der Waals surface area contributed by atoms with Gasteiger partial charge in [0, 0.05) is 11.9 Å². The maximum absolute atomic E-state index is 9.84. The monoisotopic (exact) mass is 205 g/mol. The Morgan fingerprint density at radius 3 is 3.07 bits per heavy atom. The first-order chi connectivity index (χ1) is 7.31. The minimum Gasteiger partial charge on any atom is -0.464 e. The van der Waals surface area contributed by atoms with Crippen molar-refractivity contribution in [1.29, 1.82) is 0 Å². The van der Waals surface area contributed by atoms with Crippen molar-refractivity contribution >= 4 is 11.0 Å². The fourth-order valence-electron chi connectivity index (χ4n) is 1.58. The summed E-state index contributed by atoms with van der Waals surface area (Å²) < 4.78 is 5.28. The van der Waals surface area contributed by atoms with Crippen LogP contribution in [0.3, 0.4) is 0 Å². The number of nitrogens with one attached hydrogen (secondary N) is 1. The third kappa shape index (κ3) is 2.19. The van der Waals surface area contributed by atoms with E-state index in [1.54, 1.807) is 6.26 Å². The second-order valence-corrected chi connectivity index (χ2v) is 3.54. The fraction of sp³-hybridized carbons (Fsp3) is 0.333. The van der Waals surface area contributed by atoms with Crippen molar-refractivity contribution in [3.8, 4) is 0 Å². The zero-order valence-corrected chi connectivity index (χ0v) is 8.73. The van der Waals surface area contributed by atoms with Crippen LogP contribution in [-0.2, 0) is 0 Å². The number of rotatable bonds is 4. The summed E-state index contributed by atoms with van der Waals surface area (Å²) in [5.41, 5.74) is 1.71. The van der Waals surface area contributed by atoms with Crippen molar-refractivity contribution in [2.45, 2.75) is 13.0 Å². The molecule has 1 aromatic carbocycles. The zero-order valence-electron chi connectivity index (χ0n) is 8.73. The minimum absolute atomic E-state index is 0.473. The lowest BCUT2D eigenvalue weighted by Gasteiger charge is -2.10. The molecular formula is C12H15NO2. The molecule has 0 saturated carbocycles. The predicted molar refractivity (Wildman–Crippen MR) is 59.7 cm³/mol. The van der Waals surface area contributed by atoms with Gasteiger partial charge in [-0.2, -0.15) is 0 Å². The average molecular weight is 205 g/mol. The first-order valence-corrected chi connectivity index (χ1v) is 5.17. The normalized spacial score (nSPS) is 13.2. The van der Waals surface area contributed by atoms with Gasteiger partial charge in [-0.25, -0.2) is 0 Å². The number of hydrogen-bond acceptors (Lipinski definition) is 3. The molecule has 0 aliphatic rings. The summed E-state index contributed by atoms with van der Waals surface area (Å²) in [5, 5.41) is 14.0. The molecule has 3 heteroatoms. The predicted octanol–water partition coefficient (Wildman–Crippen LogP) is 2.08. The van der Waals surface area contributed by atoms with E-state index in [9.17, 15) is 5.11 Å². The Kier molecular flexibility index (Phi) is 3.04. The molecule has 1 heterocycles. The molecule has 1 aromatic heterocycles. The van der Waals surface area contributed by atoms with Crippen LogP contribution in [0.4, 0.5) is 0 Å². The molecule has 1 atom stereocenters. The third-order valence-corrected chi connectivity index (χ3v) is 2.45. The largest absolute Gasteiger partial charge is 0.464 e. The van der Waals surface area contributed by atoms with Gasteiger partial charge in [-0.05, 0) is 24.2 Å². The second kappa shape index (κ2) is 4.47. The molecule has 3 nitrogen and oxygen atoms in total. The van der Waals surface area contributed by atoms with Crippen molar-refractivity contribution in [3.05, 3.63) is 36.1 Å². The van der Waals surface area contributed by atoms with Crippen LogP contribution in [-0.4, -0.2) is 18.2 Å². The van der Waals surface area contributed by atoms with Gasteiger partial charge in [-0.15, -0.1) is 0 Å².